The molecule has 21 heavy (non-hydrogen) atoms. The van der Waals surface area contributed by atoms with Crippen molar-refractivity contribution in [2.75, 3.05) is 6.54 Å². The van der Waals surface area contributed by atoms with Gasteiger partial charge in [-0.15, -0.1) is 0 Å². The molecular formula is C15H23NO5. The van der Waals surface area contributed by atoms with Crippen LogP contribution in [0.3, 0.4) is 0 Å². The molecule has 6 heteroatoms. The third kappa shape index (κ3) is 4.90. The minimum Gasteiger partial charge on any atom is -0.478 e. The van der Waals surface area contributed by atoms with E-state index in [4.69, 9.17) is 9.52 Å². The molecule has 0 aliphatic heterocycles. The largest absolute Gasteiger partial charge is 0.478 e. The third-order valence-electron chi connectivity index (χ3n) is 3.16. The minimum absolute atomic E-state index is 0.00269. The van der Waals surface area contributed by atoms with Crippen LogP contribution in [0.15, 0.2) is 10.5 Å². The number of aliphatic hydroxyl groups excluding tert-OH is 1. The lowest BCUT2D eigenvalue weighted by Gasteiger charge is -2.26. The summed E-state index contributed by atoms with van der Waals surface area (Å²) in [4.78, 5) is 23.1. The van der Waals surface area contributed by atoms with Crippen LogP contribution in [0.5, 0.6) is 0 Å². The molecule has 1 atom stereocenters. The molecule has 0 aromatic carbocycles. The number of hydrogen-bond donors (Lipinski definition) is 3. The number of hydrogen-bond acceptors (Lipinski definition) is 4. The predicted octanol–water partition coefficient (Wildman–Crippen LogP) is 2.07. The van der Waals surface area contributed by atoms with Crippen molar-refractivity contribution in [3.05, 3.63) is 23.2 Å². The summed E-state index contributed by atoms with van der Waals surface area (Å²) in [6.45, 7) is 7.69. The van der Waals surface area contributed by atoms with Crippen molar-refractivity contribution in [3.63, 3.8) is 0 Å². The van der Waals surface area contributed by atoms with Gasteiger partial charge in [-0.25, -0.2) is 4.79 Å². The lowest BCUT2D eigenvalue weighted by molar-refractivity contribution is 0.0694. The van der Waals surface area contributed by atoms with E-state index < -0.39 is 18.0 Å². The Labute approximate surface area is 124 Å². The van der Waals surface area contributed by atoms with E-state index in [-0.39, 0.29) is 22.5 Å². The van der Waals surface area contributed by atoms with Crippen LogP contribution in [0.2, 0.25) is 0 Å². The number of carbonyl (C=O) groups excluding carboxylic acids is 1. The number of amides is 1. The topological polar surface area (TPSA) is 99.8 Å². The molecule has 1 aromatic rings. The van der Waals surface area contributed by atoms with Crippen molar-refractivity contribution in [1.82, 2.24) is 5.32 Å². The molecule has 0 saturated heterocycles. The van der Waals surface area contributed by atoms with Crippen LogP contribution < -0.4 is 5.32 Å². The number of aryl methyl sites for hydroxylation is 1. The SMILES string of the molecule is CCc1oc(C(=O)NCC(C)(C)CC(C)O)cc1C(=O)O. The highest BCUT2D eigenvalue weighted by atomic mass is 16.4. The zero-order valence-corrected chi connectivity index (χ0v) is 12.9. The highest BCUT2D eigenvalue weighted by Crippen LogP contribution is 2.22. The second-order valence-corrected chi connectivity index (χ2v) is 6.01. The first-order chi connectivity index (χ1) is 9.66. The quantitative estimate of drug-likeness (QED) is 0.715. The Hall–Kier alpha value is -1.82. The van der Waals surface area contributed by atoms with Crippen LogP contribution in [-0.4, -0.2) is 34.7 Å². The van der Waals surface area contributed by atoms with Crippen LogP contribution in [0.1, 0.15) is 60.8 Å². The van der Waals surface area contributed by atoms with E-state index >= 15 is 0 Å². The highest BCUT2D eigenvalue weighted by molar-refractivity contribution is 5.96. The van der Waals surface area contributed by atoms with Crippen LogP contribution in [0, 0.1) is 5.41 Å². The maximum atomic E-state index is 12.0. The molecule has 0 bridgehead atoms. The summed E-state index contributed by atoms with van der Waals surface area (Å²) in [6, 6.07) is 1.25. The number of carboxylic acid groups (broad SMARTS) is 1. The molecule has 0 aliphatic rings. The number of carbonyl (C=O) groups is 2. The number of carboxylic acids is 1. The first kappa shape index (κ1) is 17.2. The Morgan fingerprint density at radius 2 is 2.05 bits per heavy atom. The Morgan fingerprint density at radius 1 is 1.43 bits per heavy atom. The Bertz CT molecular complexity index is 516. The molecule has 0 saturated carbocycles. The average molecular weight is 297 g/mol. The normalized spacial score (nSPS) is 13.0. The smallest absolute Gasteiger partial charge is 0.339 e. The standard InChI is InChI=1S/C15H23NO5/c1-5-11-10(14(19)20)6-12(21-11)13(18)16-8-15(3,4)7-9(2)17/h6,9,17H,5,7-8H2,1-4H3,(H,16,18)(H,19,20). The van der Waals surface area contributed by atoms with E-state index in [0.29, 0.717) is 19.4 Å². The molecule has 1 amide bonds. The third-order valence-corrected chi connectivity index (χ3v) is 3.16. The number of rotatable bonds is 7. The molecule has 0 radical (unpaired) electrons. The van der Waals surface area contributed by atoms with Gasteiger partial charge in [0, 0.05) is 19.0 Å². The minimum atomic E-state index is -1.11. The maximum Gasteiger partial charge on any atom is 0.339 e. The van der Waals surface area contributed by atoms with Crippen molar-refractivity contribution in [2.24, 2.45) is 5.41 Å². The monoisotopic (exact) mass is 297 g/mol. The van der Waals surface area contributed by atoms with Crippen molar-refractivity contribution >= 4 is 11.9 Å². The lowest BCUT2D eigenvalue weighted by atomic mass is 9.87. The average Bonchev–Trinajstić information content (AvgIpc) is 2.78. The zero-order chi connectivity index (χ0) is 16.2. The predicted molar refractivity (Wildman–Crippen MR) is 77.5 cm³/mol. The molecule has 0 fully saturated rings. The molecule has 1 rings (SSSR count). The van der Waals surface area contributed by atoms with Crippen LogP contribution in [-0.2, 0) is 6.42 Å². The number of aliphatic hydroxyl groups is 1. The van der Waals surface area contributed by atoms with Gasteiger partial charge >= 0.3 is 5.97 Å². The van der Waals surface area contributed by atoms with E-state index in [1.54, 1.807) is 13.8 Å². The first-order valence-electron chi connectivity index (χ1n) is 6.98. The molecule has 118 valence electrons. The molecule has 0 aliphatic carbocycles. The van der Waals surface area contributed by atoms with E-state index in [0.717, 1.165) is 0 Å². The summed E-state index contributed by atoms with van der Waals surface area (Å²) >= 11 is 0. The van der Waals surface area contributed by atoms with Crippen molar-refractivity contribution in [2.45, 2.75) is 46.6 Å². The summed E-state index contributed by atoms with van der Waals surface area (Å²) in [5.74, 6) is -1.27. The van der Waals surface area contributed by atoms with Gasteiger partial charge in [0.1, 0.15) is 11.3 Å². The van der Waals surface area contributed by atoms with Crippen molar-refractivity contribution < 1.29 is 24.2 Å². The van der Waals surface area contributed by atoms with Crippen LogP contribution in [0.25, 0.3) is 0 Å². The van der Waals surface area contributed by atoms with E-state index in [1.807, 2.05) is 13.8 Å². The highest BCUT2D eigenvalue weighted by Gasteiger charge is 2.24. The number of furan rings is 1. The Morgan fingerprint density at radius 3 is 2.48 bits per heavy atom. The number of nitrogens with one attached hydrogen (secondary N) is 1. The number of aromatic carboxylic acids is 1. The first-order valence-corrected chi connectivity index (χ1v) is 6.98. The van der Waals surface area contributed by atoms with E-state index in [2.05, 4.69) is 5.32 Å². The lowest BCUT2D eigenvalue weighted by Crippen LogP contribution is -2.35. The maximum absolute atomic E-state index is 12.0. The Kier molecular flexibility index (Phi) is 5.54. The van der Waals surface area contributed by atoms with E-state index in [1.165, 1.54) is 6.07 Å². The van der Waals surface area contributed by atoms with Gasteiger partial charge in [-0.1, -0.05) is 20.8 Å². The van der Waals surface area contributed by atoms with Gasteiger partial charge in [0.05, 0.1) is 6.10 Å². The molecular weight excluding hydrogens is 274 g/mol. The molecule has 1 aromatic heterocycles. The summed E-state index contributed by atoms with van der Waals surface area (Å²) in [6.07, 6.45) is 0.500. The second kappa shape index (κ2) is 6.76. The van der Waals surface area contributed by atoms with Crippen LogP contribution in [0.4, 0.5) is 0 Å². The van der Waals surface area contributed by atoms with Gasteiger partial charge in [-0.3, -0.25) is 4.79 Å². The van der Waals surface area contributed by atoms with Gasteiger partial charge in [0.15, 0.2) is 5.76 Å². The zero-order valence-electron chi connectivity index (χ0n) is 12.9. The fraction of sp³-hybridized carbons (Fsp3) is 0.600. The fourth-order valence-corrected chi connectivity index (χ4v) is 2.26. The van der Waals surface area contributed by atoms with Crippen LogP contribution >= 0.6 is 0 Å². The second-order valence-electron chi connectivity index (χ2n) is 6.01. The van der Waals surface area contributed by atoms with Gasteiger partial charge < -0.3 is 19.9 Å². The fourth-order valence-electron chi connectivity index (χ4n) is 2.26. The van der Waals surface area contributed by atoms with Crippen molar-refractivity contribution in [3.8, 4) is 0 Å². The Balaban J connectivity index is 2.74. The summed E-state index contributed by atoms with van der Waals surface area (Å²) < 4.78 is 5.29. The van der Waals surface area contributed by atoms with E-state index in [9.17, 15) is 14.7 Å². The van der Waals surface area contributed by atoms with Gasteiger partial charge in [-0.2, -0.15) is 0 Å². The summed E-state index contributed by atoms with van der Waals surface area (Å²) in [7, 11) is 0. The molecule has 1 unspecified atom stereocenters. The van der Waals surface area contributed by atoms with Crippen molar-refractivity contribution in [1.29, 1.82) is 0 Å². The molecule has 3 N–H and O–H groups in total. The summed E-state index contributed by atoms with van der Waals surface area (Å²) in [5, 5.41) is 21.1. The molecule has 1 heterocycles. The van der Waals surface area contributed by atoms with Gasteiger partial charge in [-0.05, 0) is 18.8 Å². The molecule has 6 nitrogen and oxygen atoms in total. The van der Waals surface area contributed by atoms with Gasteiger partial charge in [0.2, 0.25) is 0 Å². The molecule has 0 spiro atoms. The van der Waals surface area contributed by atoms with Gasteiger partial charge in [0.25, 0.3) is 5.91 Å². The summed E-state index contributed by atoms with van der Waals surface area (Å²) in [5.41, 5.74) is -0.245.